The lowest BCUT2D eigenvalue weighted by Gasteiger charge is -2.18. The molecule has 27 heavy (non-hydrogen) atoms. The first-order valence-electron chi connectivity index (χ1n) is 9.06. The fraction of sp³-hybridized carbons (Fsp3) is 0.273. The van der Waals surface area contributed by atoms with E-state index in [1.54, 1.807) is 13.1 Å². The summed E-state index contributed by atoms with van der Waals surface area (Å²) in [5, 5.41) is 2.98. The number of benzene rings is 2. The van der Waals surface area contributed by atoms with Gasteiger partial charge < -0.3 is 14.6 Å². The molecule has 0 aliphatic rings. The van der Waals surface area contributed by atoms with Crippen molar-refractivity contribution in [3.8, 4) is 11.4 Å². The lowest BCUT2D eigenvalue weighted by Crippen LogP contribution is -2.36. The number of aromatic nitrogens is 2. The Hall–Kier alpha value is -3.08. The van der Waals surface area contributed by atoms with Gasteiger partial charge in [0, 0.05) is 18.9 Å². The molecule has 5 nitrogen and oxygen atoms in total. The molecule has 0 aliphatic heterocycles. The van der Waals surface area contributed by atoms with Crippen molar-refractivity contribution in [3.63, 3.8) is 0 Å². The van der Waals surface area contributed by atoms with E-state index in [9.17, 15) is 4.79 Å². The monoisotopic (exact) mass is 363 g/mol. The molecule has 0 saturated carbocycles. The second-order valence-corrected chi connectivity index (χ2v) is 6.65. The summed E-state index contributed by atoms with van der Waals surface area (Å²) in [7, 11) is 0. The first-order valence-corrected chi connectivity index (χ1v) is 9.06. The van der Waals surface area contributed by atoms with Crippen LogP contribution in [-0.2, 0) is 11.3 Å². The van der Waals surface area contributed by atoms with E-state index in [0.717, 1.165) is 34.0 Å². The fourth-order valence-corrected chi connectivity index (χ4v) is 2.95. The highest BCUT2D eigenvalue weighted by Gasteiger charge is 2.16. The molecule has 0 bridgehead atoms. The van der Waals surface area contributed by atoms with Gasteiger partial charge in [-0.05, 0) is 56.5 Å². The number of carbonyl (C=O) groups is 1. The number of rotatable bonds is 6. The van der Waals surface area contributed by atoms with Crippen molar-refractivity contribution in [3.05, 3.63) is 77.4 Å². The molecule has 1 heterocycles. The second kappa shape index (κ2) is 8.08. The standard InChI is InChI=1S/C22H25N3O2/c1-15-8-7-11-21(16(15)2)27-17(3)22(26)24-14-19-9-5-6-10-20(19)25-13-12-23-18(25)4/h5-13,17H,14H2,1-4H3,(H,24,26)/t17-/m0/s1. The van der Waals surface area contributed by atoms with E-state index in [4.69, 9.17) is 4.74 Å². The average molecular weight is 363 g/mol. The van der Waals surface area contributed by atoms with Gasteiger partial charge in [-0.15, -0.1) is 0 Å². The summed E-state index contributed by atoms with van der Waals surface area (Å²) in [6.07, 6.45) is 3.11. The zero-order chi connectivity index (χ0) is 19.4. The molecule has 0 unspecified atom stereocenters. The Morgan fingerprint density at radius 3 is 2.67 bits per heavy atom. The number of hydrogen-bond acceptors (Lipinski definition) is 3. The summed E-state index contributed by atoms with van der Waals surface area (Å²) < 4.78 is 7.88. The van der Waals surface area contributed by atoms with Crippen LogP contribution in [0.3, 0.4) is 0 Å². The van der Waals surface area contributed by atoms with Gasteiger partial charge in [0.05, 0.1) is 5.69 Å². The Bertz CT molecular complexity index is 946. The van der Waals surface area contributed by atoms with Crippen LogP contribution in [0.4, 0.5) is 0 Å². The van der Waals surface area contributed by atoms with Crippen LogP contribution in [0.25, 0.3) is 5.69 Å². The van der Waals surface area contributed by atoms with Gasteiger partial charge in [-0.25, -0.2) is 4.98 Å². The summed E-state index contributed by atoms with van der Waals surface area (Å²) >= 11 is 0. The first kappa shape index (κ1) is 18.7. The Balaban J connectivity index is 1.68. The van der Waals surface area contributed by atoms with Crippen molar-refractivity contribution in [2.45, 2.75) is 40.3 Å². The van der Waals surface area contributed by atoms with Crippen LogP contribution in [-0.4, -0.2) is 21.6 Å². The van der Waals surface area contributed by atoms with Gasteiger partial charge in [-0.1, -0.05) is 30.3 Å². The van der Waals surface area contributed by atoms with Gasteiger partial charge in [-0.3, -0.25) is 4.79 Å². The molecule has 5 heteroatoms. The topological polar surface area (TPSA) is 56.1 Å². The maximum absolute atomic E-state index is 12.5. The maximum Gasteiger partial charge on any atom is 0.261 e. The van der Waals surface area contributed by atoms with Crippen LogP contribution < -0.4 is 10.1 Å². The van der Waals surface area contributed by atoms with E-state index in [1.165, 1.54) is 0 Å². The highest BCUT2D eigenvalue weighted by Crippen LogP contribution is 2.22. The minimum atomic E-state index is -0.576. The number of nitrogens with zero attached hydrogens (tertiary/aromatic N) is 2. The Morgan fingerprint density at radius 2 is 1.93 bits per heavy atom. The molecule has 0 aliphatic carbocycles. The number of amides is 1. The van der Waals surface area contributed by atoms with Crippen LogP contribution in [0.1, 0.15) is 29.4 Å². The SMILES string of the molecule is Cc1cccc(O[C@@H](C)C(=O)NCc2ccccc2-n2ccnc2C)c1C. The predicted octanol–water partition coefficient (Wildman–Crippen LogP) is 3.88. The van der Waals surface area contributed by atoms with Gasteiger partial charge in [0.15, 0.2) is 6.10 Å². The Labute approximate surface area is 160 Å². The number of aryl methyl sites for hydroxylation is 2. The third kappa shape index (κ3) is 4.19. The smallest absolute Gasteiger partial charge is 0.261 e. The second-order valence-electron chi connectivity index (χ2n) is 6.65. The Kier molecular flexibility index (Phi) is 5.60. The largest absolute Gasteiger partial charge is 0.481 e. The van der Waals surface area contributed by atoms with Gasteiger partial charge in [-0.2, -0.15) is 0 Å². The molecule has 1 N–H and O–H groups in total. The van der Waals surface area contributed by atoms with E-state index in [2.05, 4.69) is 10.3 Å². The van der Waals surface area contributed by atoms with Crippen molar-refractivity contribution >= 4 is 5.91 Å². The van der Waals surface area contributed by atoms with Crippen molar-refractivity contribution < 1.29 is 9.53 Å². The minimum absolute atomic E-state index is 0.145. The zero-order valence-corrected chi connectivity index (χ0v) is 16.2. The summed E-state index contributed by atoms with van der Waals surface area (Å²) in [5.41, 5.74) is 4.23. The third-order valence-corrected chi connectivity index (χ3v) is 4.76. The van der Waals surface area contributed by atoms with E-state index in [0.29, 0.717) is 6.54 Å². The normalized spacial score (nSPS) is 11.9. The number of para-hydroxylation sites is 1. The van der Waals surface area contributed by atoms with E-state index < -0.39 is 6.10 Å². The highest BCUT2D eigenvalue weighted by molar-refractivity contribution is 5.80. The highest BCUT2D eigenvalue weighted by atomic mass is 16.5. The summed E-state index contributed by atoms with van der Waals surface area (Å²) in [4.78, 5) is 16.8. The van der Waals surface area contributed by atoms with Crippen LogP contribution >= 0.6 is 0 Å². The summed E-state index contributed by atoms with van der Waals surface area (Å²) in [6.45, 7) is 8.17. The summed E-state index contributed by atoms with van der Waals surface area (Å²) in [6, 6.07) is 13.8. The molecule has 140 valence electrons. The molecule has 3 aromatic rings. The molecular weight excluding hydrogens is 338 g/mol. The number of hydrogen-bond donors (Lipinski definition) is 1. The van der Waals surface area contributed by atoms with Gasteiger partial charge in [0.25, 0.3) is 5.91 Å². The molecule has 0 saturated heterocycles. The van der Waals surface area contributed by atoms with Crippen LogP contribution in [0.2, 0.25) is 0 Å². The molecule has 0 spiro atoms. The van der Waals surface area contributed by atoms with Crippen molar-refractivity contribution in [1.29, 1.82) is 0 Å². The number of carbonyl (C=O) groups excluding carboxylic acids is 1. The fourth-order valence-electron chi connectivity index (χ4n) is 2.95. The number of nitrogens with one attached hydrogen (secondary N) is 1. The number of ether oxygens (including phenoxy) is 1. The molecule has 1 amide bonds. The van der Waals surface area contributed by atoms with Crippen LogP contribution in [0.5, 0.6) is 5.75 Å². The van der Waals surface area contributed by atoms with Crippen molar-refractivity contribution in [1.82, 2.24) is 14.9 Å². The number of imidazole rings is 1. The lowest BCUT2D eigenvalue weighted by molar-refractivity contribution is -0.127. The van der Waals surface area contributed by atoms with Gasteiger partial charge in [0.2, 0.25) is 0 Å². The van der Waals surface area contributed by atoms with Gasteiger partial charge in [0.1, 0.15) is 11.6 Å². The Morgan fingerprint density at radius 1 is 1.15 bits per heavy atom. The van der Waals surface area contributed by atoms with Crippen LogP contribution in [0.15, 0.2) is 54.9 Å². The van der Waals surface area contributed by atoms with Crippen molar-refractivity contribution in [2.75, 3.05) is 0 Å². The maximum atomic E-state index is 12.5. The molecular formula is C22H25N3O2. The summed E-state index contributed by atoms with van der Waals surface area (Å²) in [5.74, 6) is 1.50. The third-order valence-electron chi connectivity index (χ3n) is 4.76. The van der Waals surface area contributed by atoms with E-state index >= 15 is 0 Å². The first-order chi connectivity index (χ1) is 13.0. The zero-order valence-electron chi connectivity index (χ0n) is 16.2. The van der Waals surface area contributed by atoms with Crippen molar-refractivity contribution in [2.24, 2.45) is 0 Å². The molecule has 2 aromatic carbocycles. The quantitative estimate of drug-likeness (QED) is 0.723. The van der Waals surface area contributed by atoms with E-state index in [-0.39, 0.29) is 5.91 Å². The molecule has 1 aromatic heterocycles. The van der Waals surface area contributed by atoms with Crippen LogP contribution in [0, 0.1) is 20.8 Å². The molecule has 0 radical (unpaired) electrons. The molecule has 3 rings (SSSR count). The lowest BCUT2D eigenvalue weighted by atomic mass is 10.1. The molecule has 0 fully saturated rings. The molecule has 1 atom stereocenters. The minimum Gasteiger partial charge on any atom is -0.481 e. The predicted molar refractivity (Wildman–Crippen MR) is 106 cm³/mol. The average Bonchev–Trinajstić information content (AvgIpc) is 3.09. The van der Waals surface area contributed by atoms with E-state index in [1.807, 2.05) is 74.0 Å². The van der Waals surface area contributed by atoms with Gasteiger partial charge >= 0.3 is 0 Å².